The van der Waals surface area contributed by atoms with Gasteiger partial charge < -0.3 is 5.32 Å². The molecule has 0 aliphatic carbocycles. The Kier molecular flexibility index (Phi) is 7.27. The maximum Gasteiger partial charge on any atom is 0.0863 e. The van der Waals surface area contributed by atoms with Crippen molar-refractivity contribution in [2.24, 2.45) is 0 Å². The summed E-state index contributed by atoms with van der Waals surface area (Å²) in [6, 6.07) is 0. The van der Waals surface area contributed by atoms with Crippen molar-refractivity contribution in [3.8, 4) is 0 Å². The Morgan fingerprint density at radius 1 is 1.39 bits per heavy atom. The fraction of sp³-hybridized carbons (Fsp3) is 0.769. The number of nitrogens with one attached hydrogen (secondary N) is 1. The molecule has 0 saturated carbocycles. The van der Waals surface area contributed by atoms with Crippen molar-refractivity contribution in [2.75, 3.05) is 6.54 Å². The van der Waals surface area contributed by atoms with Crippen LogP contribution in [0.25, 0.3) is 0 Å². The summed E-state index contributed by atoms with van der Waals surface area (Å²) < 4.78 is 2.00. The number of nitrogens with zero attached hydrogens (tertiary/aromatic N) is 2. The number of aryl methyl sites for hydroxylation is 2. The number of hydrogen-bond donors (Lipinski definition) is 1. The van der Waals surface area contributed by atoms with Crippen LogP contribution in [0.4, 0.5) is 0 Å². The van der Waals surface area contributed by atoms with Crippen molar-refractivity contribution in [3.63, 3.8) is 0 Å². The third kappa shape index (κ3) is 4.25. The van der Waals surface area contributed by atoms with Crippen LogP contribution in [-0.2, 0) is 19.5 Å². The van der Waals surface area contributed by atoms with E-state index in [9.17, 15) is 0 Å². The first-order valence-electron chi connectivity index (χ1n) is 6.72. The molecule has 1 aromatic heterocycles. The molecule has 1 atom stereocenters. The largest absolute Gasteiger partial charge is 0.311 e. The second-order valence-corrected chi connectivity index (χ2v) is 6.02. The van der Waals surface area contributed by atoms with Gasteiger partial charge in [0.25, 0.3) is 0 Å². The highest BCUT2D eigenvalue weighted by Crippen LogP contribution is 2.21. The fourth-order valence-corrected chi connectivity index (χ4v) is 2.42. The zero-order valence-corrected chi connectivity index (χ0v) is 13.8. The quantitative estimate of drug-likeness (QED) is 0.578. The van der Waals surface area contributed by atoms with Gasteiger partial charge >= 0.3 is 0 Å². The lowest BCUT2D eigenvalue weighted by atomic mass is 10.2. The second-order valence-electron chi connectivity index (χ2n) is 4.35. The van der Waals surface area contributed by atoms with Gasteiger partial charge in [0.2, 0.25) is 0 Å². The molecule has 18 heavy (non-hydrogen) atoms. The number of halogens is 2. The molecule has 0 bridgehead atoms. The normalized spacial score (nSPS) is 12.9. The van der Waals surface area contributed by atoms with Crippen molar-refractivity contribution < 1.29 is 0 Å². The Morgan fingerprint density at radius 2 is 2.11 bits per heavy atom. The molecule has 0 saturated heterocycles. The Morgan fingerprint density at radius 3 is 2.67 bits per heavy atom. The molecule has 0 amide bonds. The molecular formula is C13H23BrClN3. The molecule has 5 heteroatoms. The van der Waals surface area contributed by atoms with E-state index in [1.807, 2.05) is 4.68 Å². The van der Waals surface area contributed by atoms with E-state index in [2.05, 4.69) is 47.1 Å². The Balaban J connectivity index is 2.53. The van der Waals surface area contributed by atoms with Gasteiger partial charge in [-0.1, -0.05) is 41.4 Å². The fourth-order valence-electron chi connectivity index (χ4n) is 1.86. The predicted octanol–water partition coefficient (Wildman–Crippen LogP) is 3.77. The third-order valence-electron chi connectivity index (χ3n) is 3.06. The highest BCUT2D eigenvalue weighted by Gasteiger charge is 2.13. The lowest BCUT2D eigenvalue weighted by Crippen LogP contribution is -2.20. The van der Waals surface area contributed by atoms with E-state index in [0.717, 1.165) is 55.3 Å². The van der Waals surface area contributed by atoms with Crippen molar-refractivity contribution >= 4 is 27.5 Å². The average molecular weight is 337 g/mol. The average Bonchev–Trinajstić information content (AvgIpc) is 2.70. The molecule has 3 nitrogen and oxygen atoms in total. The van der Waals surface area contributed by atoms with Crippen molar-refractivity contribution in [3.05, 3.63) is 16.4 Å². The van der Waals surface area contributed by atoms with Crippen LogP contribution in [0.5, 0.6) is 0 Å². The summed E-state index contributed by atoms with van der Waals surface area (Å²) in [5, 5.41) is 8.79. The van der Waals surface area contributed by atoms with Crippen LogP contribution in [0.1, 0.15) is 45.0 Å². The van der Waals surface area contributed by atoms with Gasteiger partial charge in [-0.05, 0) is 32.7 Å². The van der Waals surface area contributed by atoms with Gasteiger partial charge in [0.15, 0.2) is 0 Å². The zero-order valence-electron chi connectivity index (χ0n) is 11.5. The topological polar surface area (TPSA) is 29.9 Å². The summed E-state index contributed by atoms with van der Waals surface area (Å²) in [4.78, 5) is 0.600. The highest BCUT2D eigenvalue weighted by molar-refractivity contribution is 9.09. The molecule has 1 heterocycles. The first-order valence-corrected chi connectivity index (χ1v) is 8.02. The van der Waals surface area contributed by atoms with Crippen LogP contribution in [0.2, 0.25) is 5.02 Å². The van der Waals surface area contributed by atoms with E-state index in [0.29, 0.717) is 4.83 Å². The maximum absolute atomic E-state index is 6.34. The molecule has 0 radical (unpaired) electrons. The summed E-state index contributed by atoms with van der Waals surface area (Å²) in [6.45, 7) is 9.03. The van der Waals surface area contributed by atoms with Crippen LogP contribution < -0.4 is 5.32 Å². The van der Waals surface area contributed by atoms with Crippen molar-refractivity contribution in [1.82, 2.24) is 15.1 Å². The van der Waals surface area contributed by atoms with Gasteiger partial charge in [-0.2, -0.15) is 5.10 Å². The number of aromatic nitrogens is 2. The minimum absolute atomic E-state index is 0.600. The molecule has 0 spiro atoms. The molecule has 0 aliphatic heterocycles. The van der Waals surface area contributed by atoms with Crippen LogP contribution in [-0.4, -0.2) is 21.2 Å². The number of rotatable bonds is 8. The van der Waals surface area contributed by atoms with Gasteiger partial charge in [-0.3, -0.25) is 4.68 Å². The summed E-state index contributed by atoms with van der Waals surface area (Å²) >= 11 is 9.98. The van der Waals surface area contributed by atoms with Gasteiger partial charge in [-0.25, -0.2) is 0 Å². The van der Waals surface area contributed by atoms with Gasteiger partial charge in [0, 0.05) is 17.9 Å². The van der Waals surface area contributed by atoms with Crippen LogP contribution >= 0.6 is 27.5 Å². The van der Waals surface area contributed by atoms with Crippen molar-refractivity contribution in [1.29, 1.82) is 0 Å². The first kappa shape index (κ1) is 16.0. The molecule has 1 unspecified atom stereocenters. The Hall–Kier alpha value is -0.0600. The smallest absolute Gasteiger partial charge is 0.0863 e. The van der Waals surface area contributed by atoms with Gasteiger partial charge in [0.1, 0.15) is 0 Å². The first-order chi connectivity index (χ1) is 8.63. The predicted molar refractivity (Wildman–Crippen MR) is 81.6 cm³/mol. The second kappa shape index (κ2) is 8.18. The van der Waals surface area contributed by atoms with Crippen LogP contribution in [0.15, 0.2) is 0 Å². The summed E-state index contributed by atoms with van der Waals surface area (Å²) in [5.74, 6) is 0. The molecule has 0 aromatic carbocycles. The Bertz CT molecular complexity index is 365. The lowest BCUT2D eigenvalue weighted by Gasteiger charge is -2.09. The molecule has 1 rings (SSSR count). The van der Waals surface area contributed by atoms with E-state index in [4.69, 9.17) is 11.6 Å². The minimum atomic E-state index is 0.600. The summed E-state index contributed by atoms with van der Waals surface area (Å²) in [5.41, 5.74) is 2.11. The maximum atomic E-state index is 6.34. The molecule has 1 N–H and O–H groups in total. The third-order valence-corrected chi connectivity index (χ3v) is 4.61. The molecular weight excluding hydrogens is 314 g/mol. The molecule has 104 valence electrons. The molecule has 1 aromatic rings. The lowest BCUT2D eigenvalue weighted by molar-refractivity contribution is 0.566. The van der Waals surface area contributed by atoms with E-state index >= 15 is 0 Å². The minimum Gasteiger partial charge on any atom is -0.311 e. The molecule has 0 aliphatic rings. The van der Waals surface area contributed by atoms with Crippen molar-refractivity contribution in [2.45, 2.75) is 58.0 Å². The SMILES string of the molecule is CCc1nn(CC)c(CNCCC(Br)CC)c1Cl. The number of hydrogen-bond acceptors (Lipinski definition) is 2. The van der Waals surface area contributed by atoms with Crippen LogP contribution in [0, 0.1) is 0 Å². The van der Waals surface area contributed by atoms with E-state index in [1.54, 1.807) is 0 Å². The van der Waals surface area contributed by atoms with Gasteiger partial charge in [0.05, 0.1) is 16.4 Å². The summed E-state index contributed by atoms with van der Waals surface area (Å²) in [6.07, 6.45) is 3.18. The Labute approximate surface area is 123 Å². The van der Waals surface area contributed by atoms with Gasteiger partial charge in [-0.15, -0.1) is 0 Å². The highest BCUT2D eigenvalue weighted by atomic mass is 79.9. The summed E-state index contributed by atoms with van der Waals surface area (Å²) in [7, 11) is 0. The zero-order chi connectivity index (χ0) is 13.5. The van der Waals surface area contributed by atoms with E-state index < -0.39 is 0 Å². The standard InChI is InChI=1S/C13H23BrClN3/c1-4-10(14)7-8-16-9-12-13(15)11(5-2)17-18(12)6-3/h10,16H,4-9H2,1-3H3. The molecule has 0 fully saturated rings. The number of alkyl halides is 1. The van der Waals surface area contributed by atoms with Crippen LogP contribution in [0.3, 0.4) is 0 Å². The van der Waals surface area contributed by atoms with E-state index in [-0.39, 0.29) is 0 Å². The van der Waals surface area contributed by atoms with E-state index in [1.165, 1.54) is 0 Å². The monoisotopic (exact) mass is 335 g/mol.